The lowest BCUT2D eigenvalue weighted by atomic mass is 10.1. The van der Waals surface area contributed by atoms with Crippen LogP contribution in [0, 0.1) is 0 Å². The molecule has 2 fully saturated rings. The number of ether oxygens (including phenoxy) is 1. The second-order valence-corrected chi connectivity index (χ2v) is 6.28. The van der Waals surface area contributed by atoms with Crippen LogP contribution in [-0.2, 0) is 13.0 Å². The molecule has 1 N–H and O–H groups in total. The molecule has 1 aromatic heterocycles. The van der Waals surface area contributed by atoms with Crippen molar-refractivity contribution < 1.29 is 9.53 Å². The molecule has 1 unspecified atom stereocenters. The van der Waals surface area contributed by atoms with Gasteiger partial charge in [-0.05, 0) is 34.5 Å². The van der Waals surface area contributed by atoms with Crippen molar-refractivity contribution in [2.24, 2.45) is 0 Å². The van der Waals surface area contributed by atoms with Crippen LogP contribution in [0.2, 0.25) is 0 Å². The van der Waals surface area contributed by atoms with Crippen LogP contribution >= 0.6 is 0 Å². The summed E-state index contributed by atoms with van der Waals surface area (Å²) in [5.74, 6) is 1.62. The van der Waals surface area contributed by atoms with Crippen LogP contribution in [0.25, 0.3) is 0 Å². The lowest BCUT2D eigenvalue weighted by molar-refractivity contribution is 0.197. The first-order valence-electron chi connectivity index (χ1n) is 8.43. The van der Waals surface area contributed by atoms with Gasteiger partial charge in [0, 0.05) is 26.2 Å². The number of tetrazole rings is 1. The molecular weight excluding hydrogens is 322 g/mol. The van der Waals surface area contributed by atoms with E-state index in [0.29, 0.717) is 19.6 Å². The molecule has 0 saturated carbocycles. The van der Waals surface area contributed by atoms with Crippen molar-refractivity contribution in [3.05, 3.63) is 29.8 Å². The molecule has 2 saturated heterocycles. The van der Waals surface area contributed by atoms with Crippen LogP contribution in [-0.4, -0.2) is 70.5 Å². The largest absolute Gasteiger partial charge is 0.497 e. The Hall–Kier alpha value is -2.84. The smallest absolute Gasteiger partial charge is 0.317 e. The topological polar surface area (TPSA) is 88.4 Å². The van der Waals surface area contributed by atoms with E-state index in [1.807, 2.05) is 21.7 Å². The van der Waals surface area contributed by atoms with Gasteiger partial charge in [-0.25, -0.2) is 9.48 Å². The number of methoxy groups -OCH3 is 1. The number of carbonyl (C=O) groups excluding carboxylic acids is 1. The fourth-order valence-corrected chi connectivity index (χ4v) is 3.38. The van der Waals surface area contributed by atoms with Gasteiger partial charge in [0.15, 0.2) is 0 Å². The maximum atomic E-state index is 11.7. The summed E-state index contributed by atoms with van der Waals surface area (Å²) in [7, 11) is 1.66. The first-order valence-corrected chi connectivity index (χ1v) is 8.43. The molecule has 2 aromatic rings. The number of aryl methyl sites for hydroxylation is 2. The Morgan fingerprint density at radius 2 is 2.12 bits per heavy atom. The first-order chi connectivity index (χ1) is 12.2. The van der Waals surface area contributed by atoms with Crippen molar-refractivity contribution in [3.8, 4) is 5.75 Å². The van der Waals surface area contributed by atoms with E-state index < -0.39 is 0 Å². The normalized spacial score (nSPS) is 19.7. The number of aromatic nitrogens is 4. The number of hydrogen-bond acceptors (Lipinski definition) is 6. The van der Waals surface area contributed by atoms with Gasteiger partial charge in [-0.2, -0.15) is 0 Å². The summed E-state index contributed by atoms with van der Waals surface area (Å²) >= 11 is 0. The van der Waals surface area contributed by atoms with Crippen LogP contribution in [0.4, 0.5) is 10.7 Å². The van der Waals surface area contributed by atoms with Crippen molar-refractivity contribution in [3.63, 3.8) is 0 Å². The van der Waals surface area contributed by atoms with Crippen molar-refractivity contribution in [2.45, 2.75) is 19.0 Å². The average molecular weight is 343 g/mol. The Morgan fingerprint density at radius 3 is 2.92 bits per heavy atom. The Morgan fingerprint density at radius 1 is 1.28 bits per heavy atom. The van der Waals surface area contributed by atoms with Gasteiger partial charge in [-0.15, -0.1) is 0 Å². The van der Waals surface area contributed by atoms with Gasteiger partial charge in [0.1, 0.15) is 5.75 Å². The molecule has 0 radical (unpaired) electrons. The molecule has 0 bridgehead atoms. The molecule has 25 heavy (non-hydrogen) atoms. The number of piperazine rings is 1. The van der Waals surface area contributed by atoms with Gasteiger partial charge in [0.25, 0.3) is 0 Å². The molecule has 0 aliphatic carbocycles. The molecule has 4 rings (SSSR count). The third-order valence-electron chi connectivity index (χ3n) is 4.80. The van der Waals surface area contributed by atoms with Crippen LogP contribution in [0.1, 0.15) is 5.56 Å². The summed E-state index contributed by atoms with van der Waals surface area (Å²) in [6, 6.07) is 8.24. The van der Waals surface area contributed by atoms with Crippen LogP contribution < -0.4 is 15.0 Å². The molecule has 2 aliphatic rings. The molecule has 0 spiro atoms. The standard InChI is InChI=1S/C16H21N7O2/c1-25-14-4-2-12(3-5-14)6-7-23-15(18-19-20-23)21-8-9-22-13(11-21)10-17-16(22)24/h2-5,13H,6-11H2,1H3,(H,17,24). The SMILES string of the molecule is COc1ccc(CCn2nnnc2N2CCN3C(=O)NCC3C2)cc1. The summed E-state index contributed by atoms with van der Waals surface area (Å²) in [4.78, 5) is 15.8. The summed E-state index contributed by atoms with van der Waals surface area (Å²) in [5, 5.41) is 15.1. The molecular formula is C16H21N7O2. The van der Waals surface area contributed by atoms with E-state index >= 15 is 0 Å². The Kier molecular flexibility index (Phi) is 4.12. The molecule has 9 nitrogen and oxygen atoms in total. The fourth-order valence-electron chi connectivity index (χ4n) is 3.38. The molecule has 1 atom stereocenters. The molecule has 132 valence electrons. The third kappa shape index (κ3) is 3.09. The minimum atomic E-state index is 0.0312. The molecule has 3 heterocycles. The Labute approximate surface area is 145 Å². The van der Waals surface area contributed by atoms with Gasteiger partial charge in [-0.3, -0.25) is 0 Å². The fraction of sp³-hybridized carbons (Fsp3) is 0.500. The van der Waals surface area contributed by atoms with Gasteiger partial charge in [-0.1, -0.05) is 17.2 Å². The highest BCUT2D eigenvalue weighted by Crippen LogP contribution is 2.19. The van der Waals surface area contributed by atoms with E-state index in [2.05, 4.69) is 37.9 Å². The number of nitrogens with zero attached hydrogens (tertiary/aromatic N) is 6. The van der Waals surface area contributed by atoms with E-state index in [0.717, 1.165) is 31.2 Å². The maximum Gasteiger partial charge on any atom is 0.317 e. The number of fused-ring (bicyclic) bond motifs is 1. The number of amides is 2. The van der Waals surface area contributed by atoms with Gasteiger partial charge >= 0.3 is 6.03 Å². The number of urea groups is 1. The summed E-state index contributed by atoms with van der Waals surface area (Å²) in [6.07, 6.45) is 0.839. The van der Waals surface area contributed by atoms with E-state index in [1.165, 1.54) is 5.56 Å². The van der Waals surface area contributed by atoms with Crippen LogP contribution in [0.15, 0.2) is 24.3 Å². The number of anilines is 1. The van der Waals surface area contributed by atoms with Gasteiger partial charge in [0.2, 0.25) is 5.95 Å². The van der Waals surface area contributed by atoms with Gasteiger partial charge in [0.05, 0.1) is 19.7 Å². The second-order valence-electron chi connectivity index (χ2n) is 6.28. The molecule has 2 amide bonds. The highest BCUT2D eigenvalue weighted by Gasteiger charge is 2.36. The Bertz CT molecular complexity index is 745. The minimum absolute atomic E-state index is 0.0312. The van der Waals surface area contributed by atoms with E-state index in [1.54, 1.807) is 7.11 Å². The quantitative estimate of drug-likeness (QED) is 0.831. The molecule has 2 aliphatic heterocycles. The van der Waals surface area contributed by atoms with E-state index in [-0.39, 0.29) is 12.1 Å². The van der Waals surface area contributed by atoms with Crippen molar-refractivity contribution in [1.82, 2.24) is 30.4 Å². The number of benzene rings is 1. The molecule has 9 heteroatoms. The summed E-state index contributed by atoms with van der Waals surface area (Å²) in [6.45, 7) is 3.58. The summed E-state index contributed by atoms with van der Waals surface area (Å²) in [5.41, 5.74) is 1.21. The zero-order valence-electron chi connectivity index (χ0n) is 14.1. The summed E-state index contributed by atoms with van der Waals surface area (Å²) < 4.78 is 7.02. The maximum absolute atomic E-state index is 11.7. The predicted molar refractivity (Wildman–Crippen MR) is 90.6 cm³/mol. The van der Waals surface area contributed by atoms with Crippen molar-refractivity contribution in [2.75, 3.05) is 38.2 Å². The Balaban J connectivity index is 1.41. The predicted octanol–water partition coefficient (Wildman–Crippen LogP) is 0.138. The third-order valence-corrected chi connectivity index (χ3v) is 4.80. The average Bonchev–Trinajstić information content (AvgIpc) is 3.27. The number of rotatable bonds is 5. The lowest BCUT2D eigenvalue weighted by Crippen LogP contribution is -2.52. The zero-order valence-corrected chi connectivity index (χ0v) is 14.1. The first kappa shape index (κ1) is 15.7. The molecule has 1 aromatic carbocycles. The van der Waals surface area contributed by atoms with E-state index in [9.17, 15) is 4.79 Å². The van der Waals surface area contributed by atoms with Gasteiger partial charge < -0.3 is 19.9 Å². The number of hydrogen-bond donors (Lipinski definition) is 1. The highest BCUT2D eigenvalue weighted by molar-refractivity contribution is 5.77. The van der Waals surface area contributed by atoms with E-state index in [4.69, 9.17) is 4.74 Å². The lowest BCUT2D eigenvalue weighted by Gasteiger charge is -2.36. The van der Waals surface area contributed by atoms with Crippen molar-refractivity contribution in [1.29, 1.82) is 0 Å². The zero-order chi connectivity index (χ0) is 17.2. The van der Waals surface area contributed by atoms with Crippen LogP contribution in [0.3, 0.4) is 0 Å². The van der Waals surface area contributed by atoms with Crippen molar-refractivity contribution >= 4 is 12.0 Å². The van der Waals surface area contributed by atoms with Crippen LogP contribution in [0.5, 0.6) is 5.75 Å². The highest BCUT2D eigenvalue weighted by atomic mass is 16.5. The second kappa shape index (κ2) is 6.58. The monoisotopic (exact) mass is 343 g/mol. The number of nitrogens with one attached hydrogen (secondary N) is 1. The minimum Gasteiger partial charge on any atom is -0.497 e. The number of carbonyl (C=O) groups is 1.